The highest BCUT2D eigenvalue weighted by atomic mass is 16.7. The maximum Gasteiger partial charge on any atom is 0.303 e. The van der Waals surface area contributed by atoms with E-state index in [-0.39, 0.29) is 24.1 Å². The summed E-state index contributed by atoms with van der Waals surface area (Å²) in [5, 5.41) is 12.9. The second kappa shape index (κ2) is 10.2. The van der Waals surface area contributed by atoms with Crippen molar-refractivity contribution in [2.45, 2.75) is 77.0 Å². The normalized spacial score (nSPS) is 24.2. The second-order valence-corrected chi connectivity index (χ2v) is 8.47. The molecule has 1 N–H and O–H groups in total. The second-order valence-electron chi connectivity index (χ2n) is 8.47. The van der Waals surface area contributed by atoms with Crippen molar-refractivity contribution in [2.24, 2.45) is 0 Å². The summed E-state index contributed by atoms with van der Waals surface area (Å²) in [5.41, 5.74) is 0.683. The smallest absolute Gasteiger partial charge is 0.303 e. The fourth-order valence-corrected chi connectivity index (χ4v) is 4.43. The minimum Gasteiger partial charge on any atom is -0.463 e. The van der Waals surface area contributed by atoms with Gasteiger partial charge in [-0.25, -0.2) is 4.98 Å². The Labute approximate surface area is 200 Å². The number of esters is 3. The number of rotatable bonds is 7. The highest BCUT2D eigenvalue weighted by Gasteiger charge is 2.51. The van der Waals surface area contributed by atoms with Crippen molar-refractivity contribution in [2.75, 3.05) is 11.9 Å². The molecule has 2 aromatic heterocycles. The highest BCUT2D eigenvalue weighted by Crippen LogP contribution is 2.37. The maximum absolute atomic E-state index is 11.9. The molecule has 0 unspecified atom stereocenters. The van der Waals surface area contributed by atoms with Crippen LogP contribution in [0.4, 0.5) is 5.82 Å². The van der Waals surface area contributed by atoms with E-state index < -0.39 is 42.4 Å². The van der Waals surface area contributed by atoms with E-state index in [1.807, 2.05) is 6.07 Å². The Morgan fingerprint density at radius 2 is 1.80 bits per heavy atom. The number of ether oxygens (including phenoxy) is 4. The molecule has 0 spiro atoms. The molecule has 2 fully saturated rings. The van der Waals surface area contributed by atoms with Gasteiger partial charge in [0.2, 0.25) is 5.82 Å². The summed E-state index contributed by atoms with van der Waals surface area (Å²) in [6.45, 7) is 3.43. The molecule has 1 saturated heterocycles. The Morgan fingerprint density at radius 1 is 1.11 bits per heavy atom. The average Bonchev–Trinajstić information content (AvgIpc) is 3.52. The first-order chi connectivity index (χ1) is 16.8. The fraction of sp³-hybridized carbons (Fsp3) is 0.591. The lowest BCUT2D eigenvalue weighted by atomic mass is 10.1. The van der Waals surface area contributed by atoms with E-state index >= 15 is 0 Å². The number of aromatic nitrogens is 4. The van der Waals surface area contributed by atoms with Gasteiger partial charge in [-0.15, -0.1) is 0 Å². The summed E-state index contributed by atoms with van der Waals surface area (Å²) < 4.78 is 23.5. The summed E-state index contributed by atoms with van der Waals surface area (Å²) >= 11 is 0. The molecule has 0 radical (unpaired) electrons. The van der Waals surface area contributed by atoms with Gasteiger partial charge in [0.25, 0.3) is 0 Å². The molecule has 4 rings (SSSR count). The van der Waals surface area contributed by atoms with Crippen LogP contribution in [0.2, 0.25) is 0 Å². The third-order valence-electron chi connectivity index (χ3n) is 5.83. The van der Waals surface area contributed by atoms with Gasteiger partial charge in [0.15, 0.2) is 35.4 Å². The first kappa shape index (κ1) is 24.3. The van der Waals surface area contributed by atoms with E-state index in [0.717, 1.165) is 25.7 Å². The molecule has 2 aliphatic rings. The number of anilines is 1. The van der Waals surface area contributed by atoms with Crippen molar-refractivity contribution in [3.63, 3.8) is 0 Å². The van der Waals surface area contributed by atoms with Gasteiger partial charge in [-0.3, -0.25) is 19.0 Å². The third kappa shape index (κ3) is 5.32. The van der Waals surface area contributed by atoms with Crippen LogP contribution in [0.3, 0.4) is 0 Å². The fourth-order valence-electron chi connectivity index (χ4n) is 4.43. The van der Waals surface area contributed by atoms with Gasteiger partial charge < -0.3 is 24.3 Å². The van der Waals surface area contributed by atoms with E-state index in [0.29, 0.717) is 11.3 Å². The zero-order chi connectivity index (χ0) is 25.1. The van der Waals surface area contributed by atoms with Crippen molar-refractivity contribution in [1.82, 2.24) is 19.5 Å². The summed E-state index contributed by atoms with van der Waals surface area (Å²) in [4.78, 5) is 48.1. The van der Waals surface area contributed by atoms with Crippen LogP contribution in [0.1, 0.15) is 58.5 Å². The first-order valence-electron chi connectivity index (χ1n) is 11.3. The van der Waals surface area contributed by atoms with Gasteiger partial charge >= 0.3 is 17.9 Å². The molecule has 1 saturated carbocycles. The van der Waals surface area contributed by atoms with Crippen molar-refractivity contribution in [3.8, 4) is 6.07 Å². The molecule has 0 amide bonds. The molecule has 3 heterocycles. The molecule has 13 heteroatoms. The Kier molecular flexibility index (Phi) is 7.11. The topological polar surface area (TPSA) is 168 Å². The Hall–Kier alpha value is -3.79. The Morgan fingerprint density at radius 3 is 2.43 bits per heavy atom. The van der Waals surface area contributed by atoms with Gasteiger partial charge in [-0.1, -0.05) is 12.8 Å². The van der Waals surface area contributed by atoms with Gasteiger partial charge in [0.05, 0.1) is 6.33 Å². The summed E-state index contributed by atoms with van der Waals surface area (Å²) in [7, 11) is 0. The Balaban J connectivity index is 1.75. The molecule has 4 atom stereocenters. The molecule has 35 heavy (non-hydrogen) atoms. The number of nitrogens with zero attached hydrogens (tertiary/aromatic N) is 5. The number of nitriles is 1. The van der Waals surface area contributed by atoms with Crippen molar-refractivity contribution >= 4 is 34.9 Å². The number of carbonyl (C=O) groups excluding carboxylic acids is 3. The lowest BCUT2D eigenvalue weighted by Gasteiger charge is -2.23. The monoisotopic (exact) mass is 486 g/mol. The summed E-state index contributed by atoms with van der Waals surface area (Å²) in [6.07, 6.45) is 1.48. The van der Waals surface area contributed by atoms with Crippen LogP contribution < -0.4 is 5.32 Å². The third-order valence-corrected chi connectivity index (χ3v) is 5.83. The molecule has 186 valence electrons. The zero-order valence-electron chi connectivity index (χ0n) is 19.6. The predicted molar refractivity (Wildman–Crippen MR) is 118 cm³/mol. The Bertz CT molecular complexity index is 1170. The zero-order valence-corrected chi connectivity index (χ0v) is 19.6. The number of fused-ring (bicyclic) bond motifs is 1. The number of nitrogens with one attached hydrogen (secondary N) is 1. The quantitative estimate of drug-likeness (QED) is 0.441. The molecule has 13 nitrogen and oxygen atoms in total. The average molecular weight is 486 g/mol. The van der Waals surface area contributed by atoms with Crippen LogP contribution >= 0.6 is 0 Å². The molecule has 2 aromatic rings. The van der Waals surface area contributed by atoms with Gasteiger partial charge in [-0.05, 0) is 12.8 Å². The van der Waals surface area contributed by atoms with Crippen molar-refractivity contribution < 1.29 is 33.3 Å². The van der Waals surface area contributed by atoms with E-state index in [4.69, 9.17) is 18.9 Å². The molecular formula is C22H26N6O7. The number of hydrogen-bond acceptors (Lipinski definition) is 12. The van der Waals surface area contributed by atoms with Crippen LogP contribution in [0.5, 0.6) is 0 Å². The minimum atomic E-state index is -1.10. The highest BCUT2D eigenvalue weighted by molar-refractivity contribution is 5.83. The van der Waals surface area contributed by atoms with Crippen LogP contribution in [-0.4, -0.2) is 68.4 Å². The van der Waals surface area contributed by atoms with Gasteiger partial charge in [0, 0.05) is 26.8 Å². The number of hydrogen-bond donors (Lipinski definition) is 1. The maximum atomic E-state index is 11.9. The van der Waals surface area contributed by atoms with Crippen molar-refractivity contribution in [3.05, 3.63) is 12.2 Å². The summed E-state index contributed by atoms with van der Waals surface area (Å²) in [5.74, 6) is -1.46. The standard InChI is InChI=1S/C22H26N6O7/c1-11(29)32-9-15-18(33-12(2)30)19(34-13(3)31)22(35-15)28-10-24-17-20(25-14-6-4-5-7-14)26-16(8-23)27-21(17)28/h10,14-15,18-19,22H,4-7,9H2,1-3H3,(H,25,26,27)/t15-,18+,19+,22+/m0/s1. The van der Waals surface area contributed by atoms with E-state index in [9.17, 15) is 19.6 Å². The van der Waals surface area contributed by atoms with Crippen LogP contribution in [0.25, 0.3) is 11.2 Å². The largest absolute Gasteiger partial charge is 0.463 e. The SMILES string of the molecule is CC(=O)OC[C@@H]1O[C@@H](n2cnc3c(NC4CCCC4)nc(C#N)nc32)[C@H](OC(C)=O)[C@@H]1OC(C)=O. The van der Waals surface area contributed by atoms with Crippen LogP contribution in [0.15, 0.2) is 6.33 Å². The van der Waals surface area contributed by atoms with Crippen LogP contribution in [0, 0.1) is 11.3 Å². The lowest BCUT2D eigenvalue weighted by molar-refractivity contribution is -0.166. The molecule has 1 aliphatic heterocycles. The molecule has 1 aliphatic carbocycles. The summed E-state index contributed by atoms with van der Waals surface area (Å²) in [6, 6.07) is 2.17. The van der Waals surface area contributed by atoms with Gasteiger partial charge in [-0.2, -0.15) is 15.2 Å². The number of carbonyl (C=O) groups is 3. The van der Waals surface area contributed by atoms with Crippen molar-refractivity contribution in [1.29, 1.82) is 5.26 Å². The molecule has 0 aromatic carbocycles. The minimum absolute atomic E-state index is 0.0743. The van der Waals surface area contributed by atoms with Crippen LogP contribution in [-0.2, 0) is 33.3 Å². The molecule has 0 bridgehead atoms. The number of imidazole rings is 1. The predicted octanol–water partition coefficient (Wildman–Crippen LogP) is 1.38. The molecular weight excluding hydrogens is 460 g/mol. The lowest BCUT2D eigenvalue weighted by Crippen LogP contribution is -2.40. The first-order valence-corrected chi connectivity index (χ1v) is 11.3. The van der Waals surface area contributed by atoms with Gasteiger partial charge in [0.1, 0.15) is 18.8 Å². The van der Waals surface area contributed by atoms with E-state index in [2.05, 4.69) is 20.3 Å². The van der Waals surface area contributed by atoms with E-state index in [1.165, 1.54) is 31.7 Å². The van der Waals surface area contributed by atoms with E-state index in [1.54, 1.807) is 0 Å².